The summed E-state index contributed by atoms with van der Waals surface area (Å²) in [7, 11) is 1.86. The van der Waals surface area contributed by atoms with Crippen LogP contribution in [0.1, 0.15) is 22.9 Å². The van der Waals surface area contributed by atoms with Crippen LogP contribution < -0.4 is 4.90 Å². The van der Waals surface area contributed by atoms with Gasteiger partial charge in [-0.3, -0.25) is 9.69 Å². The molecule has 3 aromatic carbocycles. The van der Waals surface area contributed by atoms with Crippen LogP contribution in [0, 0.1) is 6.92 Å². The number of carbonyl (C=O) groups excluding carboxylic acids is 1. The second-order valence-electron chi connectivity index (χ2n) is 9.26. The van der Waals surface area contributed by atoms with Gasteiger partial charge in [-0.15, -0.1) is 0 Å². The zero-order chi connectivity index (χ0) is 24.9. The van der Waals surface area contributed by atoms with Crippen molar-refractivity contribution in [3.8, 4) is 11.3 Å². The van der Waals surface area contributed by atoms with Crippen LogP contribution in [0.4, 0.5) is 6.01 Å². The summed E-state index contributed by atoms with van der Waals surface area (Å²) in [5, 5.41) is 0. The lowest BCUT2D eigenvalue weighted by molar-refractivity contribution is -0.131. The lowest BCUT2D eigenvalue weighted by atomic mass is 9.96. The smallest absolute Gasteiger partial charge is 0.298 e. The minimum absolute atomic E-state index is 0.0882. The highest BCUT2D eigenvalue weighted by Crippen LogP contribution is 2.30. The van der Waals surface area contributed by atoms with Gasteiger partial charge in [0.25, 0.3) is 6.01 Å². The van der Waals surface area contributed by atoms with Crippen LogP contribution >= 0.6 is 0 Å². The number of benzene rings is 3. The molecular weight excluding hydrogens is 448 g/mol. The molecule has 6 heteroatoms. The average molecular weight is 481 g/mol. The topological polar surface area (TPSA) is 52.8 Å². The molecule has 0 radical (unpaired) electrons. The summed E-state index contributed by atoms with van der Waals surface area (Å²) in [6, 6.07) is 31.8. The Bertz CT molecular complexity index is 1230. The molecule has 6 nitrogen and oxygen atoms in total. The van der Waals surface area contributed by atoms with Gasteiger partial charge in [0.2, 0.25) is 5.91 Å². The second-order valence-corrected chi connectivity index (χ2v) is 9.26. The van der Waals surface area contributed by atoms with Crippen LogP contribution in [0.15, 0.2) is 95.4 Å². The first kappa shape index (κ1) is 23.8. The maximum Gasteiger partial charge on any atom is 0.298 e. The Morgan fingerprint density at radius 1 is 0.861 bits per heavy atom. The van der Waals surface area contributed by atoms with Crippen molar-refractivity contribution in [1.29, 1.82) is 0 Å². The maximum atomic E-state index is 13.2. The van der Waals surface area contributed by atoms with Crippen LogP contribution in [-0.2, 0) is 4.79 Å². The van der Waals surface area contributed by atoms with Crippen molar-refractivity contribution in [2.75, 3.05) is 44.7 Å². The minimum atomic E-state index is 0.0882. The number of rotatable bonds is 7. The number of carbonyl (C=O) groups is 1. The normalized spacial score (nSPS) is 14.2. The van der Waals surface area contributed by atoms with Crippen molar-refractivity contribution in [3.63, 3.8) is 0 Å². The summed E-state index contributed by atoms with van der Waals surface area (Å²) in [5.41, 5.74) is 4.37. The molecule has 5 rings (SSSR count). The Hall–Kier alpha value is -3.90. The van der Waals surface area contributed by atoms with Crippen LogP contribution in [0.3, 0.4) is 0 Å². The molecule has 36 heavy (non-hydrogen) atoms. The average Bonchev–Trinajstić information content (AvgIpc) is 3.33. The Balaban J connectivity index is 1.23. The van der Waals surface area contributed by atoms with Gasteiger partial charge in [-0.1, -0.05) is 91.0 Å². The van der Waals surface area contributed by atoms with Crippen LogP contribution in [0.5, 0.6) is 0 Å². The summed E-state index contributed by atoms with van der Waals surface area (Å²) in [6.45, 7) is 5.17. The van der Waals surface area contributed by atoms with Crippen molar-refractivity contribution in [2.45, 2.75) is 13.0 Å². The van der Waals surface area contributed by atoms with Crippen LogP contribution in [0.25, 0.3) is 11.3 Å². The molecule has 0 bridgehead atoms. The minimum Gasteiger partial charge on any atom is -0.428 e. The highest BCUT2D eigenvalue weighted by Gasteiger charge is 2.29. The predicted octanol–water partition coefficient (Wildman–Crippen LogP) is 5.02. The van der Waals surface area contributed by atoms with E-state index in [0.29, 0.717) is 19.1 Å². The number of piperazine rings is 1. The number of hydrogen-bond donors (Lipinski definition) is 0. The van der Waals surface area contributed by atoms with E-state index in [-0.39, 0.29) is 18.5 Å². The van der Waals surface area contributed by atoms with Gasteiger partial charge in [0, 0.05) is 38.8 Å². The van der Waals surface area contributed by atoms with E-state index >= 15 is 0 Å². The fraction of sp³-hybridized carbons (Fsp3) is 0.267. The molecule has 1 saturated heterocycles. The molecule has 184 valence electrons. The third-order valence-electron chi connectivity index (χ3n) is 6.79. The van der Waals surface area contributed by atoms with Gasteiger partial charge in [-0.2, -0.15) is 4.98 Å². The fourth-order valence-electron chi connectivity index (χ4n) is 4.89. The summed E-state index contributed by atoms with van der Waals surface area (Å²) in [6.07, 6.45) is 0. The summed E-state index contributed by atoms with van der Waals surface area (Å²) >= 11 is 0. The van der Waals surface area contributed by atoms with Gasteiger partial charge in [0.15, 0.2) is 0 Å². The van der Waals surface area contributed by atoms with Crippen molar-refractivity contribution >= 4 is 11.9 Å². The first-order valence-electron chi connectivity index (χ1n) is 12.5. The molecule has 0 unspecified atom stereocenters. The number of aromatic nitrogens is 1. The Labute approximate surface area is 212 Å². The van der Waals surface area contributed by atoms with E-state index in [1.54, 1.807) is 4.90 Å². The Morgan fingerprint density at radius 3 is 1.94 bits per heavy atom. The second kappa shape index (κ2) is 10.8. The Morgan fingerprint density at radius 2 is 1.39 bits per heavy atom. The lowest BCUT2D eigenvalue weighted by Crippen LogP contribution is -2.51. The monoisotopic (exact) mass is 480 g/mol. The number of hydrogen-bond acceptors (Lipinski definition) is 5. The van der Waals surface area contributed by atoms with E-state index < -0.39 is 0 Å². The first-order valence-corrected chi connectivity index (χ1v) is 12.5. The van der Waals surface area contributed by atoms with E-state index in [1.807, 2.05) is 49.2 Å². The van der Waals surface area contributed by atoms with Gasteiger partial charge in [-0.25, -0.2) is 0 Å². The highest BCUT2D eigenvalue weighted by molar-refractivity contribution is 5.81. The van der Waals surface area contributed by atoms with E-state index in [2.05, 4.69) is 70.5 Å². The molecular formula is C30H32N4O2. The molecule has 1 fully saturated rings. The van der Waals surface area contributed by atoms with E-state index in [0.717, 1.165) is 30.1 Å². The molecule has 0 N–H and O–H groups in total. The molecule has 0 atom stereocenters. The largest absolute Gasteiger partial charge is 0.428 e. The number of likely N-dealkylation sites (N-methyl/N-ethyl adjacent to an activating group) is 1. The van der Waals surface area contributed by atoms with Crippen LogP contribution in [-0.4, -0.2) is 60.5 Å². The molecule has 1 aliphatic heterocycles. The maximum absolute atomic E-state index is 13.2. The molecule has 4 aromatic rings. The van der Waals surface area contributed by atoms with Crippen molar-refractivity contribution in [3.05, 3.63) is 108 Å². The number of nitrogens with zero attached hydrogens (tertiary/aromatic N) is 4. The fourth-order valence-corrected chi connectivity index (χ4v) is 4.89. The van der Waals surface area contributed by atoms with E-state index in [1.165, 1.54) is 11.1 Å². The van der Waals surface area contributed by atoms with Gasteiger partial charge < -0.3 is 14.2 Å². The van der Waals surface area contributed by atoms with Crippen LogP contribution in [0.2, 0.25) is 0 Å². The third-order valence-corrected chi connectivity index (χ3v) is 6.79. The summed E-state index contributed by atoms with van der Waals surface area (Å²) < 4.78 is 5.90. The zero-order valence-corrected chi connectivity index (χ0v) is 20.9. The van der Waals surface area contributed by atoms with Gasteiger partial charge >= 0.3 is 0 Å². The lowest BCUT2D eigenvalue weighted by Gasteiger charge is -2.40. The quantitative estimate of drug-likeness (QED) is 0.372. The number of oxazole rings is 1. The zero-order valence-electron chi connectivity index (χ0n) is 20.9. The third kappa shape index (κ3) is 5.19. The standard InChI is InChI=1S/C30H32N4O2/c1-23-28(24-12-6-3-7-13-24)31-30(36-23)32(2)22-27(35)33-18-20-34(21-19-33)29(25-14-8-4-9-15-25)26-16-10-5-11-17-26/h3-17,29H,18-22H2,1-2H3. The predicted molar refractivity (Wildman–Crippen MR) is 143 cm³/mol. The number of amides is 1. The molecule has 1 amide bonds. The van der Waals surface area contributed by atoms with Crippen molar-refractivity contribution in [2.24, 2.45) is 0 Å². The molecule has 0 spiro atoms. The number of aryl methyl sites for hydroxylation is 1. The first-order chi connectivity index (χ1) is 17.6. The summed E-state index contributed by atoms with van der Waals surface area (Å²) in [4.78, 5) is 24.0. The van der Waals surface area contributed by atoms with E-state index in [4.69, 9.17) is 4.42 Å². The molecule has 0 aliphatic carbocycles. The van der Waals surface area contributed by atoms with Gasteiger partial charge in [-0.05, 0) is 18.1 Å². The van der Waals surface area contributed by atoms with Crippen molar-refractivity contribution in [1.82, 2.24) is 14.8 Å². The molecule has 2 heterocycles. The SMILES string of the molecule is Cc1oc(N(C)CC(=O)N2CCN(C(c3ccccc3)c3ccccc3)CC2)nc1-c1ccccc1. The molecule has 1 aromatic heterocycles. The van der Waals surface area contributed by atoms with Crippen molar-refractivity contribution < 1.29 is 9.21 Å². The number of anilines is 1. The van der Waals surface area contributed by atoms with E-state index in [9.17, 15) is 4.79 Å². The van der Waals surface area contributed by atoms with Gasteiger partial charge in [0.05, 0.1) is 6.04 Å². The molecule has 0 saturated carbocycles. The molecule has 1 aliphatic rings. The highest BCUT2D eigenvalue weighted by atomic mass is 16.4. The van der Waals surface area contributed by atoms with Gasteiger partial charge in [0.1, 0.15) is 18.0 Å². The summed E-state index contributed by atoms with van der Waals surface area (Å²) in [5.74, 6) is 0.835. The Kier molecular flexibility index (Phi) is 7.14.